The summed E-state index contributed by atoms with van der Waals surface area (Å²) in [6.07, 6.45) is 2.68. The van der Waals surface area contributed by atoms with Gasteiger partial charge >= 0.3 is 15.2 Å². The molecule has 1 aliphatic rings. The summed E-state index contributed by atoms with van der Waals surface area (Å²) in [6, 6.07) is 0. The molecule has 0 aromatic heterocycles. The molecular weight excluding hydrogens is 258 g/mol. The van der Waals surface area contributed by atoms with Crippen LogP contribution in [0.25, 0.3) is 0 Å². The molecule has 10 heteroatoms. The van der Waals surface area contributed by atoms with E-state index in [2.05, 4.69) is 5.43 Å². The second kappa shape index (κ2) is 5.25. The maximum absolute atomic E-state index is 11.0. The fourth-order valence-corrected chi connectivity index (χ4v) is 3.73. The monoisotopic (exact) mass is 274 g/mol. The third-order valence-corrected chi connectivity index (χ3v) is 5.60. The Kier molecular flexibility index (Phi) is 4.68. The van der Waals surface area contributed by atoms with Crippen LogP contribution in [0.5, 0.6) is 0 Å². The van der Waals surface area contributed by atoms with E-state index in [1.54, 1.807) is 0 Å². The molecule has 1 fully saturated rings. The molecule has 8 nitrogen and oxygen atoms in total. The molecule has 0 atom stereocenters. The number of hydrogen-bond donors (Lipinski definition) is 5. The highest BCUT2D eigenvalue weighted by Crippen LogP contribution is 2.58. The zero-order valence-corrected chi connectivity index (χ0v) is 10.3. The van der Waals surface area contributed by atoms with E-state index in [9.17, 15) is 9.13 Å². The minimum absolute atomic E-state index is 0.524. The molecule has 0 aliphatic carbocycles. The summed E-state index contributed by atoms with van der Waals surface area (Å²) in [4.78, 5) is 35.5. The first-order valence-electron chi connectivity index (χ1n) is 4.83. The molecule has 0 aromatic rings. The predicted octanol–water partition coefficient (Wildman–Crippen LogP) is -0.384. The van der Waals surface area contributed by atoms with Crippen molar-refractivity contribution in [3.8, 4) is 0 Å². The Labute approximate surface area is 92.9 Å². The highest BCUT2D eigenvalue weighted by molar-refractivity contribution is 7.70. The van der Waals surface area contributed by atoms with Crippen LogP contribution in [0.3, 0.4) is 0 Å². The van der Waals surface area contributed by atoms with E-state index in [0.717, 1.165) is 19.3 Å². The van der Waals surface area contributed by atoms with Crippen LogP contribution in [0.4, 0.5) is 0 Å². The van der Waals surface area contributed by atoms with Crippen LogP contribution in [-0.4, -0.2) is 43.2 Å². The Morgan fingerprint density at radius 3 is 1.75 bits per heavy atom. The summed E-state index contributed by atoms with van der Waals surface area (Å²) >= 11 is 0. The van der Waals surface area contributed by atoms with Gasteiger partial charge < -0.3 is 19.6 Å². The van der Waals surface area contributed by atoms with Crippen LogP contribution in [0.15, 0.2) is 0 Å². The van der Waals surface area contributed by atoms with E-state index < -0.39 is 20.7 Å². The molecule has 0 unspecified atom stereocenters. The van der Waals surface area contributed by atoms with Gasteiger partial charge in [-0.15, -0.1) is 0 Å². The quantitative estimate of drug-likeness (QED) is 0.438. The molecule has 1 saturated heterocycles. The van der Waals surface area contributed by atoms with E-state index in [1.165, 1.54) is 5.01 Å². The molecule has 0 spiro atoms. The van der Waals surface area contributed by atoms with Crippen LogP contribution in [0.2, 0.25) is 0 Å². The second-order valence-electron chi connectivity index (χ2n) is 3.73. The fraction of sp³-hybridized carbons (Fsp3) is 1.00. The lowest BCUT2D eigenvalue weighted by molar-refractivity contribution is 0.146. The Morgan fingerprint density at radius 2 is 1.38 bits per heavy atom. The van der Waals surface area contributed by atoms with Crippen LogP contribution in [-0.2, 0) is 9.13 Å². The van der Waals surface area contributed by atoms with Crippen molar-refractivity contribution in [3.63, 3.8) is 0 Å². The van der Waals surface area contributed by atoms with E-state index >= 15 is 0 Å². The Morgan fingerprint density at radius 1 is 0.938 bits per heavy atom. The standard InChI is InChI=1S/C6H16N2O6P2/c9-15(10,11)6(16(12,13)14)7-8-4-2-1-3-5-8/h6-7H,1-5H2,(H2,9,10,11)(H2,12,13,14). The number of nitrogens with one attached hydrogen (secondary N) is 1. The molecule has 0 saturated carbocycles. The summed E-state index contributed by atoms with van der Waals surface area (Å²) in [5, 5.41) is 1.45. The first-order chi connectivity index (χ1) is 7.21. The van der Waals surface area contributed by atoms with Gasteiger partial charge in [0.2, 0.25) is 5.52 Å². The van der Waals surface area contributed by atoms with Crippen molar-refractivity contribution < 1.29 is 28.7 Å². The van der Waals surface area contributed by atoms with Gasteiger partial charge in [-0.2, -0.15) is 0 Å². The summed E-state index contributed by atoms with van der Waals surface area (Å²) in [6.45, 7) is 1.05. The zero-order chi connectivity index (χ0) is 12.4. The van der Waals surface area contributed by atoms with Gasteiger partial charge in [0.25, 0.3) is 0 Å². The topological polar surface area (TPSA) is 130 Å². The van der Waals surface area contributed by atoms with Gasteiger partial charge in [-0.05, 0) is 12.8 Å². The zero-order valence-electron chi connectivity index (χ0n) is 8.56. The maximum Gasteiger partial charge on any atom is 0.356 e. The van der Waals surface area contributed by atoms with Gasteiger partial charge in [-0.25, -0.2) is 10.4 Å². The van der Waals surface area contributed by atoms with Crippen molar-refractivity contribution in [1.29, 1.82) is 0 Å². The number of rotatable bonds is 4. The van der Waals surface area contributed by atoms with Gasteiger partial charge in [0.1, 0.15) is 0 Å². The highest BCUT2D eigenvalue weighted by atomic mass is 31.2. The molecule has 0 bridgehead atoms. The first-order valence-corrected chi connectivity index (χ1v) is 8.19. The highest BCUT2D eigenvalue weighted by Gasteiger charge is 2.44. The molecule has 1 aliphatic heterocycles. The lowest BCUT2D eigenvalue weighted by Crippen LogP contribution is -2.46. The average Bonchev–Trinajstić information content (AvgIpc) is 2.12. The predicted molar refractivity (Wildman–Crippen MR) is 56.4 cm³/mol. The largest absolute Gasteiger partial charge is 0.356 e. The second-order valence-corrected chi connectivity index (χ2v) is 7.53. The summed E-state index contributed by atoms with van der Waals surface area (Å²) in [5.74, 6) is 0. The van der Waals surface area contributed by atoms with E-state index in [4.69, 9.17) is 19.6 Å². The lowest BCUT2D eigenvalue weighted by atomic mass is 10.2. The number of hydrazine groups is 1. The van der Waals surface area contributed by atoms with E-state index in [0.29, 0.717) is 13.1 Å². The van der Waals surface area contributed by atoms with Crippen molar-refractivity contribution in [2.45, 2.75) is 24.8 Å². The molecule has 0 radical (unpaired) electrons. The van der Waals surface area contributed by atoms with E-state index in [-0.39, 0.29) is 0 Å². The molecular formula is C6H16N2O6P2. The smallest absolute Gasteiger partial charge is 0.323 e. The van der Waals surface area contributed by atoms with Crippen molar-refractivity contribution in [2.24, 2.45) is 0 Å². The van der Waals surface area contributed by atoms with Crippen molar-refractivity contribution in [1.82, 2.24) is 10.4 Å². The van der Waals surface area contributed by atoms with Crippen LogP contribution in [0, 0.1) is 0 Å². The summed E-state index contributed by atoms with van der Waals surface area (Å²) in [5.41, 5.74) is 0.102. The Balaban J connectivity index is 2.71. The molecule has 16 heavy (non-hydrogen) atoms. The molecule has 5 N–H and O–H groups in total. The van der Waals surface area contributed by atoms with Gasteiger partial charge in [0.05, 0.1) is 0 Å². The first kappa shape index (κ1) is 14.3. The SMILES string of the molecule is O=P(O)(O)C(NN1CCCCC1)P(=O)(O)O. The van der Waals surface area contributed by atoms with E-state index in [1.807, 2.05) is 0 Å². The van der Waals surface area contributed by atoms with Crippen LogP contribution in [0.1, 0.15) is 19.3 Å². The minimum Gasteiger partial charge on any atom is -0.323 e. The number of piperidine rings is 1. The van der Waals surface area contributed by atoms with Gasteiger partial charge in [0.15, 0.2) is 0 Å². The normalized spacial score (nSPS) is 20.3. The molecule has 0 amide bonds. The summed E-state index contributed by atoms with van der Waals surface area (Å²) < 4.78 is 21.9. The number of nitrogens with zero attached hydrogens (tertiary/aromatic N) is 1. The fourth-order valence-electron chi connectivity index (χ4n) is 1.53. The third kappa shape index (κ3) is 4.24. The summed E-state index contributed by atoms with van der Waals surface area (Å²) in [7, 11) is -9.76. The number of hydrogen-bond acceptors (Lipinski definition) is 4. The lowest BCUT2D eigenvalue weighted by Gasteiger charge is -2.31. The molecule has 1 heterocycles. The third-order valence-electron chi connectivity index (χ3n) is 2.29. The minimum atomic E-state index is -4.88. The maximum atomic E-state index is 11.0. The van der Waals surface area contributed by atoms with Gasteiger partial charge in [0, 0.05) is 13.1 Å². The molecule has 1 rings (SSSR count). The van der Waals surface area contributed by atoms with Gasteiger partial charge in [-0.3, -0.25) is 9.13 Å². The Hall–Kier alpha value is 0.220. The van der Waals surface area contributed by atoms with Crippen LogP contribution < -0.4 is 5.43 Å². The Bertz CT molecular complexity index is 297. The van der Waals surface area contributed by atoms with Crippen molar-refractivity contribution in [2.75, 3.05) is 13.1 Å². The molecule has 0 aromatic carbocycles. The molecule has 96 valence electrons. The van der Waals surface area contributed by atoms with Crippen LogP contribution >= 0.6 is 15.2 Å². The van der Waals surface area contributed by atoms with Crippen molar-refractivity contribution in [3.05, 3.63) is 0 Å². The van der Waals surface area contributed by atoms with Crippen molar-refractivity contribution >= 4 is 15.2 Å². The van der Waals surface area contributed by atoms with Gasteiger partial charge in [-0.1, -0.05) is 6.42 Å². The average molecular weight is 274 g/mol.